The van der Waals surface area contributed by atoms with Gasteiger partial charge in [-0.25, -0.2) is 0 Å². The van der Waals surface area contributed by atoms with Crippen molar-refractivity contribution in [3.63, 3.8) is 0 Å². The molecule has 12 N–H and O–H groups in total. The van der Waals surface area contributed by atoms with Crippen LogP contribution in [0, 0.1) is 0 Å². The van der Waals surface area contributed by atoms with Crippen LogP contribution in [0.1, 0.15) is 226 Å². The summed E-state index contributed by atoms with van der Waals surface area (Å²) in [4.78, 5) is 13.3. The van der Waals surface area contributed by atoms with E-state index in [1.807, 2.05) is 6.08 Å². The van der Waals surface area contributed by atoms with Crippen molar-refractivity contribution in [1.29, 1.82) is 0 Å². The fourth-order valence-corrected chi connectivity index (χ4v) is 10.7. The molecule has 0 aromatic heterocycles. The van der Waals surface area contributed by atoms with E-state index >= 15 is 0 Å². The lowest BCUT2D eigenvalue weighted by Gasteiger charge is -2.48. The number of allylic oxidation sites excluding steroid dienone is 1. The Morgan fingerprint density at radius 1 is 0.449 bits per heavy atom. The van der Waals surface area contributed by atoms with Gasteiger partial charge in [-0.05, 0) is 19.3 Å². The molecule has 3 rings (SSSR count). The zero-order chi connectivity index (χ0) is 56.9. The summed E-state index contributed by atoms with van der Waals surface area (Å²) in [5.74, 6) is -0.272. The molecule has 0 radical (unpaired) electrons. The van der Waals surface area contributed by atoms with E-state index in [0.717, 1.165) is 44.9 Å². The Morgan fingerprint density at radius 3 is 1.21 bits per heavy atom. The number of carbonyl (C=O) groups is 1. The number of amides is 1. The maximum atomic E-state index is 13.3. The van der Waals surface area contributed by atoms with Crippen molar-refractivity contribution >= 4 is 5.91 Å². The van der Waals surface area contributed by atoms with E-state index in [-0.39, 0.29) is 18.9 Å². The van der Waals surface area contributed by atoms with Gasteiger partial charge in [-0.1, -0.05) is 212 Å². The molecule has 0 bridgehead atoms. The van der Waals surface area contributed by atoms with Gasteiger partial charge >= 0.3 is 0 Å². The summed E-state index contributed by atoms with van der Waals surface area (Å²) in [6.07, 6.45) is 16.2. The maximum Gasteiger partial charge on any atom is 0.220 e. The molecule has 19 nitrogen and oxygen atoms in total. The highest BCUT2D eigenvalue weighted by molar-refractivity contribution is 5.76. The van der Waals surface area contributed by atoms with Crippen LogP contribution in [0.25, 0.3) is 0 Å². The van der Waals surface area contributed by atoms with Crippen LogP contribution in [-0.2, 0) is 33.2 Å². The average Bonchev–Trinajstić information content (AvgIpc) is 3.45. The largest absolute Gasteiger partial charge is 0.394 e. The van der Waals surface area contributed by atoms with Crippen LogP contribution in [-0.4, -0.2) is 193 Å². The molecule has 19 heteroatoms. The summed E-state index contributed by atoms with van der Waals surface area (Å²) in [7, 11) is 0. The van der Waals surface area contributed by atoms with Crippen LogP contribution in [0.2, 0.25) is 0 Å². The lowest BCUT2D eigenvalue weighted by molar-refractivity contribution is -0.379. The van der Waals surface area contributed by atoms with E-state index in [1.54, 1.807) is 6.08 Å². The second kappa shape index (κ2) is 43.2. The number of aliphatic hydroxyl groups excluding tert-OH is 11. The van der Waals surface area contributed by atoms with Crippen LogP contribution in [0.4, 0.5) is 0 Å². The molecule has 1 amide bonds. The Balaban J connectivity index is 1.48. The number of hydrogen-bond acceptors (Lipinski definition) is 18. The summed E-state index contributed by atoms with van der Waals surface area (Å²) < 4.78 is 34.2. The van der Waals surface area contributed by atoms with Gasteiger partial charge in [0.2, 0.25) is 5.91 Å². The Bertz CT molecular complexity index is 1480. The second-order valence-electron chi connectivity index (χ2n) is 22.5. The van der Waals surface area contributed by atoms with Crippen LogP contribution >= 0.6 is 0 Å². The standard InChI is InChI=1S/C59H111NO18/c1-3-5-7-9-11-13-15-17-18-19-20-21-22-23-25-27-29-31-33-35-37-47(65)60-42(43(64)36-34-32-30-28-26-24-16-14-12-10-8-6-4-2)41-73-57-53(71)50(68)55(45(39-62)75-57)78-59-54(72)51(69)56(46(40-63)76-59)77-58-52(70)49(67)48(66)44(38-61)74-58/h34,36,42-46,48-59,61-64,66-72H,3-33,35,37-41H2,1-2H3,(H,60,65)/b36-34+/t42-,43+,44+,45+,46+,48-,49-,50+,51+,52+,53+,54+,55+,56-,57+,58+,59-/m0/s1. The third-order valence-electron chi connectivity index (χ3n) is 15.8. The smallest absolute Gasteiger partial charge is 0.220 e. The summed E-state index contributed by atoms with van der Waals surface area (Å²) >= 11 is 0. The van der Waals surface area contributed by atoms with Crippen molar-refractivity contribution in [3.05, 3.63) is 12.2 Å². The third kappa shape index (κ3) is 26.8. The molecule has 0 spiro atoms. The fourth-order valence-electron chi connectivity index (χ4n) is 10.7. The van der Waals surface area contributed by atoms with Gasteiger partial charge in [0.15, 0.2) is 18.9 Å². The third-order valence-corrected chi connectivity index (χ3v) is 15.8. The Hall–Kier alpha value is -1.47. The fraction of sp³-hybridized carbons (Fsp3) is 0.949. The van der Waals surface area contributed by atoms with Gasteiger partial charge in [-0.15, -0.1) is 0 Å². The first-order valence-corrected chi connectivity index (χ1v) is 30.9. The van der Waals surface area contributed by atoms with Crippen LogP contribution in [0.5, 0.6) is 0 Å². The van der Waals surface area contributed by atoms with Gasteiger partial charge in [0.1, 0.15) is 73.2 Å². The highest BCUT2D eigenvalue weighted by atomic mass is 16.8. The number of nitrogens with one attached hydrogen (secondary N) is 1. The lowest BCUT2D eigenvalue weighted by atomic mass is 9.96. The first-order valence-electron chi connectivity index (χ1n) is 30.9. The highest BCUT2D eigenvalue weighted by Crippen LogP contribution is 2.33. The molecule has 0 aromatic carbocycles. The van der Waals surface area contributed by atoms with Gasteiger partial charge < -0.3 is 89.9 Å². The molecule has 78 heavy (non-hydrogen) atoms. The van der Waals surface area contributed by atoms with Gasteiger partial charge in [-0.2, -0.15) is 0 Å². The van der Waals surface area contributed by atoms with Crippen molar-refractivity contribution in [1.82, 2.24) is 5.32 Å². The number of ether oxygens (including phenoxy) is 6. The van der Waals surface area contributed by atoms with E-state index in [0.29, 0.717) is 6.42 Å². The molecular formula is C59H111NO18. The number of rotatable bonds is 46. The molecule has 0 aromatic rings. The number of aliphatic hydroxyl groups is 11. The summed E-state index contributed by atoms with van der Waals surface area (Å²) in [5.41, 5.74) is 0. The highest BCUT2D eigenvalue weighted by Gasteiger charge is 2.53. The van der Waals surface area contributed by atoms with Crippen molar-refractivity contribution in [2.45, 2.75) is 330 Å². The minimum atomic E-state index is -1.97. The minimum Gasteiger partial charge on any atom is -0.394 e. The van der Waals surface area contributed by atoms with E-state index < -0.39 is 124 Å². The predicted octanol–water partition coefficient (Wildman–Crippen LogP) is 5.77. The van der Waals surface area contributed by atoms with E-state index in [2.05, 4.69) is 19.2 Å². The summed E-state index contributed by atoms with van der Waals surface area (Å²) in [5, 5.41) is 120. The van der Waals surface area contributed by atoms with Crippen molar-refractivity contribution < 1.29 is 89.4 Å². The minimum absolute atomic E-state index is 0.249. The Labute approximate surface area is 467 Å². The number of unbranched alkanes of at least 4 members (excludes halogenated alkanes) is 30. The van der Waals surface area contributed by atoms with Crippen molar-refractivity contribution in [3.8, 4) is 0 Å². The van der Waals surface area contributed by atoms with Crippen molar-refractivity contribution in [2.75, 3.05) is 26.4 Å². The monoisotopic (exact) mass is 1120 g/mol. The van der Waals surface area contributed by atoms with E-state index in [9.17, 15) is 61.0 Å². The molecule has 0 aliphatic carbocycles. The van der Waals surface area contributed by atoms with Crippen LogP contribution in [0.15, 0.2) is 12.2 Å². The topological polar surface area (TPSA) is 307 Å². The maximum absolute atomic E-state index is 13.3. The first kappa shape index (κ1) is 70.8. The lowest BCUT2D eigenvalue weighted by Crippen LogP contribution is -2.66. The van der Waals surface area contributed by atoms with Crippen LogP contribution in [0.3, 0.4) is 0 Å². The molecule has 3 aliphatic rings. The molecule has 3 saturated heterocycles. The SMILES string of the molecule is CCCCCCCCCCCCC/C=C/[C@@H](O)[C@H](CO[C@@H]1O[C@H](CO)[C@@H](O[C@@H]2O[C@H](CO)[C@H](O[C@H]3O[C@H](CO)[C@H](O)[C@H](O)[C@H]3O)[C@H](O)[C@H]2O)[C@H](O)[C@H]1O)NC(=O)CCCCCCCCCCCCCCCCCCCCCC. The number of hydrogen-bond donors (Lipinski definition) is 12. The molecule has 0 saturated carbocycles. The molecule has 3 heterocycles. The molecule has 0 unspecified atom stereocenters. The quantitative estimate of drug-likeness (QED) is 0.0254. The van der Waals surface area contributed by atoms with Gasteiger partial charge in [0.25, 0.3) is 0 Å². The van der Waals surface area contributed by atoms with Gasteiger partial charge in [0, 0.05) is 6.42 Å². The number of carbonyl (C=O) groups excluding carboxylic acids is 1. The average molecular weight is 1120 g/mol. The second-order valence-corrected chi connectivity index (χ2v) is 22.5. The molecule has 460 valence electrons. The normalized spacial score (nSPS) is 30.5. The van der Waals surface area contributed by atoms with Gasteiger partial charge in [0.05, 0.1) is 38.6 Å². The first-order chi connectivity index (χ1) is 37.8. The summed E-state index contributed by atoms with van der Waals surface area (Å²) in [6.45, 7) is 1.73. The van der Waals surface area contributed by atoms with Crippen molar-refractivity contribution in [2.24, 2.45) is 0 Å². The Kier molecular flexibility index (Phi) is 39.2. The van der Waals surface area contributed by atoms with E-state index in [1.165, 1.54) is 154 Å². The summed E-state index contributed by atoms with van der Waals surface area (Å²) in [6, 6.07) is -0.966. The predicted molar refractivity (Wildman–Crippen MR) is 296 cm³/mol. The zero-order valence-corrected chi connectivity index (χ0v) is 47.9. The molecule has 3 fully saturated rings. The van der Waals surface area contributed by atoms with E-state index in [4.69, 9.17) is 28.4 Å². The van der Waals surface area contributed by atoms with Gasteiger partial charge in [-0.3, -0.25) is 4.79 Å². The van der Waals surface area contributed by atoms with Crippen LogP contribution < -0.4 is 5.32 Å². The zero-order valence-electron chi connectivity index (χ0n) is 47.9. The molecular weight excluding hydrogens is 1010 g/mol. The molecule has 17 atom stereocenters. The molecule has 3 aliphatic heterocycles. The Morgan fingerprint density at radius 2 is 0.795 bits per heavy atom.